The lowest BCUT2D eigenvalue weighted by atomic mass is 9.89. The van der Waals surface area contributed by atoms with Gasteiger partial charge in [-0.3, -0.25) is 4.79 Å². The zero-order valence-electron chi connectivity index (χ0n) is 12.5. The maximum absolute atomic E-state index is 12.5. The number of hydrogen-bond acceptors (Lipinski definition) is 2. The lowest BCUT2D eigenvalue weighted by Gasteiger charge is -2.38. The molecule has 2 atom stereocenters. The van der Waals surface area contributed by atoms with Gasteiger partial charge in [-0.15, -0.1) is 0 Å². The molecule has 0 radical (unpaired) electrons. The van der Waals surface area contributed by atoms with Gasteiger partial charge in [0, 0.05) is 11.6 Å². The van der Waals surface area contributed by atoms with Crippen molar-refractivity contribution in [2.75, 3.05) is 0 Å². The highest BCUT2D eigenvalue weighted by molar-refractivity contribution is 6.30. The normalized spacial score (nSPS) is 18.7. The quantitative estimate of drug-likeness (QED) is 0.924. The summed E-state index contributed by atoms with van der Waals surface area (Å²) >= 11 is 6.09. The van der Waals surface area contributed by atoms with Crippen molar-refractivity contribution >= 4 is 17.5 Å². The number of carbonyl (C=O) groups is 1. The molecule has 0 aromatic heterocycles. The summed E-state index contributed by atoms with van der Waals surface area (Å²) in [5, 5.41) is 0.699. The maximum atomic E-state index is 12.5. The van der Waals surface area contributed by atoms with Gasteiger partial charge in [-0.1, -0.05) is 48.0 Å². The first-order chi connectivity index (χ1) is 10.6. The van der Waals surface area contributed by atoms with Gasteiger partial charge < -0.3 is 10.6 Å². The van der Waals surface area contributed by atoms with Crippen LogP contribution < -0.4 is 5.73 Å². The van der Waals surface area contributed by atoms with Crippen LogP contribution in [0.3, 0.4) is 0 Å². The Bertz CT molecular complexity index is 685. The third-order valence-corrected chi connectivity index (χ3v) is 4.39. The molecule has 114 valence electrons. The van der Waals surface area contributed by atoms with Gasteiger partial charge in [0.2, 0.25) is 5.91 Å². The van der Waals surface area contributed by atoms with Crippen molar-refractivity contribution in [3.05, 3.63) is 70.2 Å². The lowest BCUT2D eigenvalue weighted by molar-refractivity contribution is -0.136. The molecule has 3 rings (SSSR count). The van der Waals surface area contributed by atoms with Crippen LogP contribution in [-0.2, 0) is 17.8 Å². The molecule has 0 fully saturated rings. The molecule has 1 aliphatic rings. The SMILES string of the molecule is C[C@H](N)C(=O)N1Cc2cc(Cl)ccc2CC1c1ccccc1. The predicted molar refractivity (Wildman–Crippen MR) is 88.5 cm³/mol. The third-order valence-electron chi connectivity index (χ3n) is 4.16. The fraction of sp³-hybridized carbons (Fsp3) is 0.278. The Morgan fingerprint density at radius 3 is 2.64 bits per heavy atom. The molecule has 1 aliphatic heterocycles. The Morgan fingerprint density at radius 1 is 1.23 bits per heavy atom. The number of rotatable bonds is 2. The van der Waals surface area contributed by atoms with Crippen molar-refractivity contribution in [2.24, 2.45) is 5.73 Å². The molecule has 2 N–H and O–H groups in total. The predicted octanol–water partition coefficient (Wildman–Crippen LogP) is 3.31. The van der Waals surface area contributed by atoms with Gasteiger partial charge in [-0.25, -0.2) is 0 Å². The smallest absolute Gasteiger partial charge is 0.240 e. The number of amides is 1. The van der Waals surface area contributed by atoms with Crippen molar-refractivity contribution in [2.45, 2.75) is 32.0 Å². The van der Waals surface area contributed by atoms with Gasteiger partial charge in [-0.05, 0) is 42.2 Å². The Labute approximate surface area is 135 Å². The van der Waals surface area contributed by atoms with E-state index in [1.807, 2.05) is 35.2 Å². The summed E-state index contributed by atoms with van der Waals surface area (Å²) in [5.74, 6) is -0.0283. The average molecular weight is 315 g/mol. The van der Waals surface area contributed by atoms with E-state index >= 15 is 0 Å². The van der Waals surface area contributed by atoms with Crippen LogP contribution in [0.2, 0.25) is 5.02 Å². The molecule has 3 nitrogen and oxygen atoms in total. The molecule has 0 spiro atoms. The van der Waals surface area contributed by atoms with E-state index in [2.05, 4.69) is 18.2 Å². The van der Waals surface area contributed by atoms with Crippen LogP contribution in [0.25, 0.3) is 0 Å². The van der Waals surface area contributed by atoms with Gasteiger partial charge in [0.25, 0.3) is 0 Å². The van der Waals surface area contributed by atoms with Crippen molar-refractivity contribution in [1.82, 2.24) is 4.90 Å². The number of nitrogens with two attached hydrogens (primary N) is 1. The first-order valence-electron chi connectivity index (χ1n) is 7.44. The van der Waals surface area contributed by atoms with E-state index in [0.717, 1.165) is 17.5 Å². The van der Waals surface area contributed by atoms with E-state index in [9.17, 15) is 4.79 Å². The molecule has 1 amide bonds. The van der Waals surface area contributed by atoms with Gasteiger partial charge in [-0.2, -0.15) is 0 Å². The maximum Gasteiger partial charge on any atom is 0.240 e. The molecule has 0 aliphatic carbocycles. The van der Waals surface area contributed by atoms with E-state index in [4.69, 9.17) is 17.3 Å². The monoisotopic (exact) mass is 314 g/mol. The summed E-state index contributed by atoms with van der Waals surface area (Å²) in [6, 6.07) is 15.5. The first kappa shape index (κ1) is 15.1. The number of halogens is 1. The number of benzene rings is 2. The molecule has 1 unspecified atom stereocenters. The molecule has 4 heteroatoms. The molecular weight excluding hydrogens is 296 g/mol. The zero-order chi connectivity index (χ0) is 15.7. The van der Waals surface area contributed by atoms with E-state index in [1.165, 1.54) is 5.56 Å². The molecule has 2 aromatic carbocycles. The Hall–Kier alpha value is -1.84. The van der Waals surface area contributed by atoms with Crippen LogP contribution in [0, 0.1) is 0 Å². The fourth-order valence-electron chi connectivity index (χ4n) is 3.02. The second kappa shape index (κ2) is 6.11. The first-order valence-corrected chi connectivity index (χ1v) is 7.82. The van der Waals surface area contributed by atoms with Crippen LogP contribution in [0.1, 0.15) is 29.7 Å². The number of hydrogen-bond donors (Lipinski definition) is 1. The van der Waals surface area contributed by atoms with E-state index in [0.29, 0.717) is 11.6 Å². The summed E-state index contributed by atoms with van der Waals surface area (Å²) in [6.07, 6.45) is 0.787. The molecule has 0 saturated heterocycles. The topological polar surface area (TPSA) is 46.3 Å². The summed E-state index contributed by atoms with van der Waals surface area (Å²) in [7, 11) is 0. The van der Waals surface area contributed by atoms with Crippen molar-refractivity contribution < 1.29 is 4.79 Å². The largest absolute Gasteiger partial charge is 0.330 e. The molecule has 2 aromatic rings. The Kier molecular flexibility index (Phi) is 4.19. The minimum Gasteiger partial charge on any atom is -0.330 e. The number of fused-ring (bicyclic) bond motifs is 1. The summed E-state index contributed by atoms with van der Waals surface area (Å²) in [4.78, 5) is 14.4. The summed E-state index contributed by atoms with van der Waals surface area (Å²) < 4.78 is 0. The summed E-state index contributed by atoms with van der Waals surface area (Å²) in [6.45, 7) is 2.29. The van der Waals surface area contributed by atoms with E-state index in [1.54, 1.807) is 6.92 Å². The Balaban J connectivity index is 2.02. The number of nitrogens with zero attached hydrogens (tertiary/aromatic N) is 1. The molecule has 1 heterocycles. The van der Waals surface area contributed by atoms with Crippen LogP contribution in [0.15, 0.2) is 48.5 Å². The molecule has 0 bridgehead atoms. The van der Waals surface area contributed by atoms with Gasteiger partial charge in [0.1, 0.15) is 0 Å². The van der Waals surface area contributed by atoms with Gasteiger partial charge in [0.05, 0.1) is 12.1 Å². The highest BCUT2D eigenvalue weighted by atomic mass is 35.5. The van der Waals surface area contributed by atoms with E-state index < -0.39 is 6.04 Å². The zero-order valence-corrected chi connectivity index (χ0v) is 13.3. The highest BCUT2D eigenvalue weighted by Gasteiger charge is 2.32. The van der Waals surface area contributed by atoms with Gasteiger partial charge in [0.15, 0.2) is 0 Å². The Morgan fingerprint density at radius 2 is 1.95 bits per heavy atom. The van der Waals surface area contributed by atoms with Crippen LogP contribution in [0.5, 0.6) is 0 Å². The van der Waals surface area contributed by atoms with Crippen LogP contribution >= 0.6 is 11.6 Å². The number of carbonyl (C=O) groups excluding carboxylic acids is 1. The fourth-order valence-corrected chi connectivity index (χ4v) is 3.21. The summed E-state index contributed by atoms with van der Waals surface area (Å²) in [5.41, 5.74) is 9.32. The van der Waals surface area contributed by atoms with Crippen LogP contribution in [0.4, 0.5) is 0 Å². The van der Waals surface area contributed by atoms with Crippen LogP contribution in [-0.4, -0.2) is 16.8 Å². The average Bonchev–Trinajstić information content (AvgIpc) is 2.53. The molecule has 0 saturated carbocycles. The van der Waals surface area contributed by atoms with Crippen molar-refractivity contribution in [1.29, 1.82) is 0 Å². The second-order valence-corrected chi connectivity index (χ2v) is 6.23. The third kappa shape index (κ3) is 2.87. The second-order valence-electron chi connectivity index (χ2n) is 5.80. The minimum absolute atomic E-state index is 0.0216. The standard InChI is InChI=1S/C18H19ClN2O/c1-12(20)18(22)21-11-15-9-16(19)8-7-14(15)10-17(21)13-5-3-2-4-6-13/h2-9,12,17H,10-11,20H2,1H3/t12-,17?/m0/s1. The minimum atomic E-state index is -0.507. The molecular formula is C18H19ClN2O. The lowest BCUT2D eigenvalue weighted by Crippen LogP contribution is -2.46. The van der Waals surface area contributed by atoms with Crippen molar-refractivity contribution in [3.8, 4) is 0 Å². The highest BCUT2D eigenvalue weighted by Crippen LogP contribution is 2.34. The molecule has 22 heavy (non-hydrogen) atoms. The van der Waals surface area contributed by atoms with E-state index in [-0.39, 0.29) is 11.9 Å². The van der Waals surface area contributed by atoms with Crippen molar-refractivity contribution in [3.63, 3.8) is 0 Å². The van der Waals surface area contributed by atoms with Gasteiger partial charge >= 0.3 is 0 Å².